The Bertz CT molecular complexity index is 933. The first-order chi connectivity index (χ1) is 12.7. The molecule has 1 aromatic heterocycles. The van der Waals surface area contributed by atoms with Gasteiger partial charge in [0.05, 0.1) is 12.8 Å². The van der Waals surface area contributed by atoms with Crippen LogP contribution in [0, 0.1) is 4.77 Å². The van der Waals surface area contributed by atoms with Crippen molar-refractivity contribution in [3.63, 3.8) is 0 Å². The van der Waals surface area contributed by atoms with Crippen molar-refractivity contribution >= 4 is 30.0 Å². The average Bonchev–Trinajstić information content (AvgIpc) is 3.01. The predicted octanol–water partition coefficient (Wildman–Crippen LogP) is 4.45. The van der Waals surface area contributed by atoms with E-state index in [0.29, 0.717) is 28.0 Å². The Morgan fingerprint density at radius 2 is 1.77 bits per heavy atom. The zero-order valence-electron chi connectivity index (χ0n) is 14.1. The minimum Gasteiger partial charge on any atom is -0.494 e. The van der Waals surface area contributed by atoms with Crippen LogP contribution in [0.1, 0.15) is 18.3 Å². The lowest BCUT2D eigenvalue weighted by atomic mass is 10.2. The molecule has 0 radical (unpaired) electrons. The first kappa shape index (κ1) is 18.2. The highest BCUT2D eigenvalue weighted by molar-refractivity contribution is 7.71. The van der Waals surface area contributed by atoms with Crippen LogP contribution < -0.4 is 9.47 Å². The van der Waals surface area contributed by atoms with Gasteiger partial charge in [-0.25, -0.2) is 5.10 Å². The first-order valence-corrected chi connectivity index (χ1v) is 8.76. The van der Waals surface area contributed by atoms with E-state index in [0.717, 1.165) is 11.3 Å². The number of hydrogen-bond acceptors (Lipinski definition) is 5. The molecule has 1 N–H and O–H groups in total. The van der Waals surface area contributed by atoms with Gasteiger partial charge < -0.3 is 9.47 Å². The number of hydrogen-bond donors (Lipinski definition) is 1. The van der Waals surface area contributed by atoms with Crippen molar-refractivity contribution in [2.45, 2.75) is 13.5 Å². The molecule has 0 fully saturated rings. The van der Waals surface area contributed by atoms with Gasteiger partial charge in [-0.2, -0.15) is 14.9 Å². The molecule has 0 aliphatic rings. The van der Waals surface area contributed by atoms with Crippen molar-refractivity contribution in [2.24, 2.45) is 5.10 Å². The summed E-state index contributed by atoms with van der Waals surface area (Å²) >= 11 is 11.1. The van der Waals surface area contributed by atoms with E-state index in [4.69, 9.17) is 33.3 Å². The van der Waals surface area contributed by atoms with Crippen LogP contribution in [-0.2, 0) is 6.61 Å². The number of aromatic amines is 1. The van der Waals surface area contributed by atoms with Crippen LogP contribution >= 0.6 is 23.8 Å². The molecule has 0 unspecified atom stereocenters. The maximum atomic E-state index is 5.87. The van der Waals surface area contributed by atoms with E-state index in [1.54, 1.807) is 30.5 Å². The highest BCUT2D eigenvalue weighted by Gasteiger charge is 2.06. The van der Waals surface area contributed by atoms with Crippen molar-refractivity contribution in [1.82, 2.24) is 14.9 Å². The van der Waals surface area contributed by atoms with E-state index in [1.165, 1.54) is 4.68 Å². The van der Waals surface area contributed by atoms with Gasteiger partial charge in [0.1, 0.15) is 18.1 Å². The van der Waals surface area contributed by atoms with Crippen molar-refractivity contribution < 1.29 is 9.47 Å². The SMILES string of the molecule is CCOc1ccc(/C=N\n2c(COc3ccc(Cl)cc3)n[nH]c2=S)cc1. The van der Waals surface area contributed by atoms with Crippen LogP contribution in [0.25, 0.3) is 0 Å². The summed E-state index contributed by atoms with van der Waals surface area (Å²) in [7, 11) is 0. The normalized spacial score (nSPS) is 11.0. The lowest BCUT2D eigenvalue weighted by molar-refractivity contribution is 0.290. The number of nitrogens with one attached hydrogen (secondary N) is 1. The summed E-state index contributed by atoms with van der Waals surface area (Å²) in [5.74, 6) is 2.07. The number of nitrogens with zero attached hydrogens (tertiary/aromatic N) is 3. The Labute approximate surface area is 161 Å². The van der Waals surface area contributed by atoms with Crippen LogP contribution in [0.15, 0.2) is 53.6 Å². The van der Waals surface area contributed by atoms with E-state index >= 15 is 0 Å². The Balaban J connectivity index is 1.70. The van der Waals surface area contributed by atoms with E-state index in [-0.39, 0.29) is 6.61 Å². The van der Waals surface area contributed by atoms with E-state index in [2.05, 4.69) is 15.3 Å². The lowest BCUT2D eigenvalue weighted by Crippen LogP contribution is -2.04. The van der Waals surface area contributed by atoms with E-state index in [1.807, 2.05) is 31.2 Å². The van der Waals surface area contributed by atoms with Crippen LogP contribution in [0.4, 0.5) is 0 Å². The molecule has 0 atom stereocenters. The molecule has 3 aromatic rings. The van der Waals surface area contributed by atoms with Gasteiger partial charge in [-0.05, 0) is 73.2 Å². The fraction of sp³-hybridized carbons (Fsp3) is 0.167. The van der Waals surface area contributed by atoms with Gasteiger partial charge >= 0.3 is 0 Å². The molecule has 1 heterocycles. The van der Waals surface area contributed by atoms with Gasteiger partial charge in [0.25, 0.3) is 0 Å². The minimum atomic E-state index is 0.218. The highest BCUT2D eigenvalue weighted by Crippen LogP contribution is 2.16. The summed E-state index contributed by atoms with van der Waals surface area (Å²) in [6.07, 6.45) is 1.70. The smallest absolute Gasteiger partial charge is 0.216 e. The Kier molecular flexibility index (Phi) is 6.04. The van der Waals surface area contributed by atoms with Gasteiger partial charge in [0, 0.05) is 5.02 Å². The third-order valence-corrected chi connectivity index (χ3v) is 3.93. The molecule has 0 saturated heterocycles. The highest BCUT2D eigenvalue weighted by atomic mass is 35.5. The molecule has 134 valence electrons. The second-order valence-corrected chi connectivity index (χ2v) is 6.07. The molecule has 2 aromatic carbocycles. The Morgan fingerprint density at radius 3 is 2.46 bits per heavy atom. The van der Waals surface area contributed by atoms with Crippen LogP contribution in [0.2, 0.25) is 5.02 Å². The van der Waals surface area contributed by atoms with Gasteiger partial charge in [-0.15, -0.1) is 0 Å². The molecule has 0 aliphatic heterocycles. The van der Waals surface area contributed by atoms with E-state index in [9.17, 15) is 0 Å². The third kappa shape index (κ3) is 4.71. The number of benzene rings is 2. The number of rotatable bonds is 7. The molecule has 3 rings (SSSR count). The predicted molar refractivity (Wildman–Crippen MR) is 104 cm³/mol. The second kappa shape index (κ2) is 8.64. The van der Waals surface area contributed by atoms with Gasteiger partial charge in [-0.1, -0.05) is 11.6 Å². The molecular weight excluding hydrogens is 372 g/mol. The summed E-state index contributed by atoms with van der Waals surface area (Å²) in [5, 5.41) is 11.9. The monoisotopic (exact) mass is 388 g/mol. The fourth-order valence-corrected chi connectivity index (χ4v) is 2.48. The molecular formula is C18H17ClN4O2S. The first-order valence-electron chi connectivity index (χ1n) is 7.97. The number of H-pyrrole nitrogens is 1. The molecule has 0 aliphatic carbocycles. The fourth-order valence-electron chi connectivity index (χ4n) is 2.16. The summed E-state index contributed by atoms with van der Waals surface area (Å²) in [5.41, 5.74) is 0.918. The minimum absolute atomic E-state index is 0.218. The Morgan fingerprint density at radius 1 is 1.12 bits per heavy atom. The number of halogens is 1. The maximum absolute atomic E-state index is 5.87. The summed E-state index contributed by atoms with van der Waals surface area (Å²) in [6, 6.07) is 14.7. The van der Waals surface area contributed by atoms with Crippen LogP contribution in [-0.4, -0.2) is 27.7 Å². The molecule has 8 heteroatoms. The average molecular weight is 389 g/mol. The van der Waals surface area contributed by atoms with Gasteiger partial charge in [0.2, 0.25) is 4.77 Å². The van der Waals surface area contributed by atoms with Crippen LogP contribution in [0.5, 0.6) is 11.5 Å². The molecule has 0 spiro atoms. The summed E-state index contributed by atoms with van der Waals surface area (Å²) in [4.78, 5) is 0. The van der Waals surface area contributed by atoms with Crippen molar-refractivity contribution in [3.05, 3.63) is 69.7 Å². The summed E-state index contributed by atoms with van der Waals surface area (Å²) in [6.45, 7) is 2.80. The van der Waals surface area contributed by atoms with Crippen molar-refractivity contribution in [2.75, 3.05) is 6.61 Å². The second-order valence-electron chi connectivity index (χ2n) is 5.25. The molecule has 0 saturated carbocycles. The third-order valence-electron chi connectivity index (χ3n) is 3.41. The molecule has 26 heavy (non-hydrogen) atoms. The quantitative estimate of drug-likeness (QED) is 0.479. The standard InChI is InChI=1S/C18H17ClN4O2S/c1-2-24-15-7-3-13(4-8-15)11-20-23-17(21-22-18(23)26)12-25-16-9-5-14(19)6-10-16/h3-11H,2,12H2,1H3,(H,22,26)/b20-11-. The maximum Gasteiger partial charge on any atom is 0.216 e. The molecule has 0 amide bonds. The summed E-state index contributed by atoms with van der Waals surface area (Å²) < 4.78 is 13.0. The largest absolute Gasteiger partial charge is 0.494 e. The van der Waals surface area contributed by atoms with Crippen molar-refractivity contribution in [1.29, 1.82) is 0 Å². The zero-order chi connectivity index (χ0) is 18.4. The van der Waals surface area contributed by atoms with Gasteiger partial charge in [-0.3, -0.25) is 0 Å². The lowest BCUT2D eigenvalue weighted by Gasteiger charge is -2.05. The molecule has 0 bridgehead atoms. The number of ether oxygens (including phenoxy) is 2. The zero-order valence-corrected chi connectivity index (χ0v) is 15.6. The van der Waals surface area contributed by atoms with Crippen molar-refractivity contribution in [3.8, 4) is 11.5 Å². The Hall–Kier alpha value is -2.64. The van der Waals surface area contributed by atoms with Gasteiger partial charge in [0.15, 0.2) is 5.82 Å². The van der Waals surface area contributed by atoms with Crippen LogP contribution in [0.3, 0.4) is 0 Å². The number of aromatic nitrogens is 3. The molecule has 6 nitrogen and oxygen atoms in total. The van der Waals surface area contributed by atoms with E-state index < -0.39 is 0 Å². The topological polar surface area (TPSA) is 64.4 Å².